The molecule has 0 aromatic heterocycles. The third-order valence-electron chi connectivity index (χ3n) is 8.42. The van der Waals surface area contributed by atoms with Crippen LogP contribution in [0.3, 0.4) is 0 Å². The van der Waals surface area contributed by atoms with Crippen LogP contribution in [0.2, 0.25) is 0 Å². The Labute approximate surface area is 259 Å². The number of esters is 1. The van der Waals surface area contributed by atoms with Crippen molar-refractivity contribution >= 4 is 23.5 Å². The van der Waals surface area contributed by atoms with Crippen molar-refractivity contribution < 1.29 is 36.7 Å². The number of anilines is 1. The molecular weight excluding hydrogens is 588 g/mol. The molecule has 5 rings (SSSR count). The van der Waals surface area contributed by atoms with Crippen molar-refractivity contribution in [3.63, 3.8) is 0 Å². The van der Waals surface area contributed by atoms with Gasteiger partial charge in [-0.25, -0.2) is 4.39 Å². The van der Waals surface area contributed by atoms with Crippen molar-refractivity contribution in [2.75, 3.05) is 5.32 Å². The van der Waals surface area contributed by atoms with Crippen LogP contribution in [0, 0.1) is 17.2 Å². The Bertz CT molecular complexity index is 1610. The lowest BCUT2D eigenvalue weighted by molar-refractivity contribution is -0.178. The predicted octanol–water partition coefficient (Wildman–Crippen LogP) is 7.57. The van der Waals surface area contributed by atoms with E-state index in [1.807, 2.05) is 6.07 Å². The van der Waals surface area contributed by atoms with Crippen LogP contribution < -0.4 is 5.32 Å². The highest BCUT2D eigenvalue weighted by Gasteiger charge is 2.52. The number of benzene rings is 3. The first-order valence-electron chi connectivity index (χ1n) is 14.9. The van der Waals surface area contributed by atoms with Crippen LogP contribution in [0.1, 0.15) is 79.1 Å². The number of alkyl halides is 3. The fourth-order valence-electron chi connectivity index (χ4n) is 5.75. The quantitative estimate of drug-likeness (QED) is 0.197. The molecule has 1 fully saturated rings. The van der Waals surface area contributed by atoms with Gasteiger partial charge in [-0.05, 0) is 81.0 Å². The largest absolute Gasteiger partial charge is 0.460 e. The molecule has 0 saturated heterocycles. The van der Waals surface area contributed by atoms with E-state index in [2.05, 4.69) is 5.32 Å². The van der Waals surface area contributed by atoms with E-state index in [4.69, 9.17) is 4.74 Å². The first-order valence-corrected chi connectivity index (χ1v) is 14.9. The lowest BCUT2D eigenvalue weighted by atomic mass is 9.85. The zero-order chi connectivity index (χ0) is 32.7. The van der Waals surface area contributed by atoms with E-state index in [9.17, 15) is 31.9 Å². The maximum Gasteiger partial charge on any atom is 0.392 e. The van der Waals surface area contributed by atoms with Crippen molar-refractivity contribution in [3.05, 3.63) is 100 Å². The second-order valence-electron chi connectivity index (χ2n) is 13.1. The number of halogens is 4. The van der Waals surface area contributed by atoms with E-state index in [0.29, 0.717) is 41.6 Å². The Morgan fingerprint density at radius 1 is 0.978 bits per heavy atom. The summed E-state index contributed by atoms with van der Waals surface area (Å²) >= 11 is 0. The van der Waals surface area contributed by atoms with E-state index in [1.165, 1.54) is 29.2 Å². The SMILES string of the molecule is C[C@H]([C@H](C(=O)Nc1cccc(CC2(C(=O)OC(C)(C)C)CC2)c1)c1ccc(CN2Cc3c(F)cccc3C2=O)cc1)C(F)(F)F. The van der Waals surface area contributed by atoms with Gasteiger partial charge in [0.1, 0.15) is 11.4 Å². The number of ether oxygens (including phenoxy) is 1. The van der Waals surface area contributed by atoms with E-state index < -0.39 is 40.8 Å². The minimum atomic E-state index is -4.65. The van der Waals surface area contributed by atoms with Crippen LogP contribution >= 0.6 is 0 Å². The predicted molar refractivity (Wildman–Crippen MR) is 161 cm³/mol. The van der Waals surface area contributed by atoms with Gasteiger partial charge in [-0.15, -0.1) is 0 Å². The molecule has 1 heterocycles. The molecule has 2 aliphatic rings. The molecule has 3 aromatic rings. The molecular formula is C35H36F4N2O4. The van der Waals surface area contributed by atoms with Gasteiger partial charge in [0, 0.05) is 23.4 Å². The molecule has 6 nitrogen and oxygen atoms in total. The Morgan fingerprint density at radius 2 is 1.64 bits per heavy atom. The van der Waals surface area contributed by atoms with Crippen LogP contribution in [-0.4, -0.2) is 34.5 Å². The Hall–Kier alpha value is -4.21. The summed E-state index contributed by atoms with van der Waals surface area (Å²) in [5.41, 5.74) is 1.24. The molecule has 10 heteroatoms. The van der Waals surface area contributed by atoms with Crippen molar-refractivity contribution in [1.29, 1.82) is 0 Å². The number of carbonyl (C=O) groups excluding carboxylic acids is 3. The topological polar surface area (TPSA) is 75.7 Å². The summed E-state index contributed by atoms with van der Waals surface area (Å²) in [4.78, 5) is 40.5. The van der Waals surface area contributed by atoms with E-state index in [0.717, 1.165) is 12.5 Å². The van der Waals surface area contributed by atoms with Gasteiger partial charge < -0.3 is 15.0 Å². The second kappa shape index (κ2) is 11.9. The van der Waals surface area contributed by atoms with Crippen LogP contribution in [0.4, 0.5) is 23.2 Å². The molecule has 1 N–H and O–H groups in total. The average Bonchev–Trinajstić information content (AvgIpc) is 3.66. The standard InChI is InChI=1S/C35H36F4N2O4/c1-21(35(37,38)39)29(24-13-11-22(12-14-24)19-41-20-27-26(31(41)43)9-6-10-28(27)36)30(42)40-25-8-5-7-23(17-25)18-34(15-16-34)32(44)45-33(2,3)4/h5-14,17,21,29H,15-16,18-20H2,1-4H3,(H,40,42)/t21-,29+/m1/s1. The first-order chi connectivity index (χ1) is 21.1. The summed E-state index contributed by atoms with van der Waals surface area (Å²) in [7, 11) is 0. The third kappa shape index (κ3) is 7.21. The molecule has 2 amide bonds. The molecule has 3 aromatic carbocycles. The van der Waals surface area contributed by atoms with Crippen LogP contribution in [-0.2, 0) is 33.8 Å². The van der Waals surface area contributed by atoms with Gasteiger partial charge in [0.25, 0.3) is 5.91 Å². The number of hydrogen-bond acceptors (Lipinski definition) is 4. The summed E-state index contributed by atoms with van der Waals surface area (Å²) in [5.74, 6) is -5.43. The Kier molecular flexibility index (Phi) is 8.55. The fraction of sp³-hybridized carbons (Fsp3) is 0.400. The van der Waals surface area contributed by atoms with Gasteiger partial charge >= 0.3 is 12.1 Å². The molecule has 1 aliphatic heterocycles. The number of nitrogens with zero attached hydrogens (tertiary/aromatic N) is 1. The Balaban J connectivity index is 1.30. The highest BCUT2D eigenvalue weighted by molar-refractivity contribution is 5.98. The molecule has 0 unspecified atom stereocenters. The average molecular weight is 625 g/mol. The van der Waals surface area contributed by atoms with Gasteiger partial charge in [-0.1, -0.05) is 49.4 Å². The third-order valence-corrected chi connectivity index (χ3v) is 8.42. The van der Waals surface area contributed by atoms with Crippen molar-refractivity contribution in [2.45, 2.75) is 77.7 Å². The van der Waals surface area contributed by atoms with Crippen LogP contribution in [0.5, 0.6) is 0 Å². The van der Waals surface area contributed by atoms with Crippen molar-refractivity contribution in [1.82, 2.24) is 4.90 Å². The van der Waals surface area contributed by atoms with Gasteiger partial charge in [0.05, 0.1) is 23.8 Å². The lowest BCUT2D eigenvalue weighted by Gasteiger charge is -2.26. The summed E-state index contributed by atoms with van der Waals surface area (Å²) < 4.78 is 61.7. The van der Waals surface area contributed by atoms with E-state index >= 15 is 0 Å². The van der Waals surface area contributed by atoms with Gasteiger partial charge in [0.2, 0.25) is 5.91 Å². The maximum atomic E-state index is 14.2. The molecule has 1 saturated carbocycles. The summed E-state index contributed by atoms with van der Waals surface area (Å²) in [6.45, 7) is 6.62. The number of amides is 2. The normalized spacial score (nSPS) is 17.0. The molecule has 0 bridgehead atoms. The summed E-state index contributed by atoms with van der Waals surface area (Å²) in [6.07, 6.45) is -2.90. The number of nitrogens with one attached hydrogen (secondary N) is 1. The zero-order valence-electron chi connectivity index (χ0n) is 25.6. The molecule has 2 atom stereocenters. The minimum Gasteiger partial charge on any atom is -0.460 e. The number of rotatable bonds is 9. The van der Waals surface area contributed by atoms with Gasteiger partial charge in [-0.2, -0.15) is 13.2 Å². The number of hydrogen-bond donors (Lipinski definition) is 1. The highest BCUT2D eigenvalue weighted by Crippen LogP contribution is 2.50. The van der Waals surface area contributed by atoms with E-state index in [1.54, 1.807) is 57.2 Å². The molecule has 0 radical (unpaired) electrons. The maximum absolute atomic E-state index is 14.2. The smallest absolute Gasteiger partial charge is 0.392 e. The van der Waals surface area contributed by atoms with E-state index in [-0.39, 0.29) is 30.5 Å². The molecule has 0 spiro atoms. The summed E-state index contributed by atoms with van der Waals surface area (Å²) in [6, 6.07) is 17.2. The fourth-order valence-corrected chi connectivity index (χ4v) is 5.75. The second-order valence-corrected chi connectivity index (χ2v) is 13.1. The highest BCUT2D eigenvalue weighted by atomic mass is 19.4. The molecule has 1 aliphatic carbocycles. The molecule has 238 valence electrons. The lowest BCUT2D eigenvalue weighted by Crippen LogP contribution is -2.34. The van der Waals surface area contributed by atoms with Gasteiger partial charge in [0.15, 0.2) is 0 Å². The monoisotopic (exact) mass is 624 g/mol. The molecule has 45 heavy (non-hydrogen) atoms. The van der Waals surface area contributed by atoms with Crippen LogP contribution in [0.25, 0.3) is 0 Å². The van der Waals surface area contributed by atoms with Crippen molar-refractivity contribution in [2.24, 2.45) is 11.3 Å². The Morgan fingerprint density at radius 3 is 2.24 bits per heavy atom. The number of carbonyl (C=O) groups is 3. The van der Waals surface area contributed by atoms with Gasteiger partial charge in [-0.3, -0.25) is 14.4 Å². The summed E-state index contributed by atoms with van der Waals surface area (Å²) in [5, 5.41) is 2.66. The van der Waals surface area contributed by atoms with Crippen LogP contribution in [0.15, 0.2) is 66.7 Å². The zero-order valence-corrected chi connectivity index (χ0v) is 25.6. The minimum absolute atomic E-state index is 0.0939. The first kappa shape index (κ1) is 32.2. The van der Waals surface area contributed by atoms with Crippen molar-refractivity contribution in [3.8, 4) is 0 Å². The number of fused-ring (bicyclic) bond motifs is 1.